The van der Waals surface area contributed by atoms with Crippen LogP contribution in [0.25, 0.3) is 0 Å². The summed E-state index contributed by atoms with van der Waals surface area (Å²) in [5.41, 5.74) is 5.65. The molecule has 0 bridgehead atoms. The molecule has 96 valence electrons. The molecule has 0 saturated heterocycles. The van der Waals surface area contributed by atoms with Crippen LogP contribution in [0.15, 0.2) is 0 Å². The first-order chi connectivity index (χ1) is 7.58. The van der Waals surface area contributed by atoms with E-state index in [1.54, 1.807) is 7.11 Å². The highest BCUT2D eigenvalue weighted by Crippen LogP contribution is 2.11. The highest BCUT2D eigenvalue weighted by atomic mass is 16.5. The molecular weight excluding hydrogens is 204 g/mol. The van der Waals surface area contributed by atoms with Crippen LogP contribution in [0, 0.1) is 5.92 Å². The molecule has 0 aromatic carbocycles. The van der Waals surface area contributed by atoms with Crippen molar-refractivity contribution in [2.45, 2.75) is 39.7 Å². The lowest BCUT2D eigenvalue weighted by molar-refractivity contribution is -0.137. The maximum absolute atomic E-state index is 12.2. The minimum Gasteiger partial charge on any atom is -0.383 e. The quantitative estimate of drug-likeness (QED) is 0.682. The highest BCUT2D eigenvalue weighted by molar-refractivity contribution is 5.79. The minimum atomic E-state index is -0.0377. The number of hydrogen-bond donors (Lipinski definition) is 1. The van der Waals surface area contributed by atoms with Gasteiger partial charge in [0.05, 0.1) is 12.5 Å². The summed E-state index contributed by atoms with van der Waals surface area (Å²) in [4.78, 5) is 14.1. The largest absolute Gasteiger partial charge is 0.383 e. The lowest BCUT2D eigenvalue weighted by Gasteiger charge is -2.30. The normalized spacial score (nSPS) is 12.9. The van der Waals surface area contributed by atoms with Crippen molar-refractivity contribution in [3.63, 3.8) is 0 Å². The second-order valence-corrected chi connectivity index (χ2v) is 4.34. The summed E-state index contributed by atoms with van der Waals surface area (Å²) in [5, 5.41) is 0. The second kappa shape index (κ2) is 8.53. The maximum Gasteiger partial charge on any atom is 0.227 e. The van der Waals surface area contributed by atoms with Gasteiger partial charge in [-0.3, -0.25) is 4.79 Å². The Morgan fingerprint density at radius 1 is 1.44 bits per heavy atom. The van der Waals surface area contributed by atoms with Gasteiger partial charge in [-0.05, 0) is 20.3 Å². The van der Waals surface area contributed by atoms with E-state index in [1.165, 1.54) is 0 Å². The van der Waals surface area contributed by atoms with Gasteiger partial charge in [0.1, 0.15) is 0 Å². The molecule has 1 atom stereocenters. The van der Waals surface area contributed by atoms with E-state index >= 15 is 0 Å². The first-order valence-corrected chi connectivity index (χ1v) is 6.07. The Balaban J connectivity index is 4.44. The van der Waals surface area contributed by atoms with E-state index in [0.29, 0.717) is 19.7 Å². The summed E-state index contributed by atoms with van der Waals surface area (Å²) in [5.74, 6) is 0.126. The van der Waals surface area contributed by atoms with Crippen molar-refractivity contribution in [1.82, 2.24) is 4.90 Å². The summed E-state index contributed by atoms with van der Waals surface area (Å²) in [6.07, 6.45) is 1.86. The number of carbonyl (C=O) groups is 1. The summed E-state index contributed by atoms with van der Waals surface area (Å²) in [6.45, 7) is 7.77. The van der Waals surface area contributed by atoms with E-state index < -0.39 is 0 Å². The molecule has 4 heteroatoms. The van der Waals surface area contributed by atoms with Crippen molar-refractivity contribution in [2.75, 3.05) is 26.8 Å². The Morgan fingerprint density at radius 2 is 2.06 bits per heavy atom. The summed E-state index contributed by atoms with van der Waals surface area (Å²) < 4.78 is 5.02. The van der Waals surface area contributed by atoms with E-state index in [0.717, 1.165) is 12.8 Å². The van der Waals surface area contributed by atoms with Crippen molar-refractivity contribution in [3.8, 4) is 0 Å². The fraction of sp³-hybridized carbons (Fsp3) is 0.917. The third-order valence-corrected chi connectivity index (χ3v) is 2.71. The fourth-order valence-electron chi connectivity index (χ4n) is 1.74. The highest BCUT2D eigenvalue weighted by Gasteiger charge is 2.23. The fourth-order valence-corrected chi connectivity index (χ4v) is 1.74. The molecule has 1 amide bonds. The van der Waals surface area contributed by atoms with Gasteiger partial charge in [-0.1, -0.05) is 13.3 Å². The van der Waals surface area contributed by atoms with Crippen LogP contribution in [0.2, 0.25) is 0 Å². The number of nitrogens with two attached hydrogens (primary N) is 1. The number of rotatable bonds is 8. The number of methoxy groups -OCH3 is 1. The Labute approximate surface area is 99.1 Å². The number of ether oxygens (including phenoxy) is 1. The zero-order chi connectivity index (χ0) is 12.6. The van der Waals surface area contributed by atoms with Gasteiger partial charge in [-0.2, -0.15) is 0 Å². The van der Waals surface area contributed by atoms with E-state index in [-0.39, 0.29) is 17.9 Å². The molecular formula is C12H26N2O2. The number of carbonyl (C=O) groups excluding carboxylic acids is 1. The SMILES string of the molecule is CCCC(CN)C(=O)N(CCOC)C(C)C. The second-order valence-electron chi connectivity index (χ2n) is 4.34. The Morgan fingerprint density at radius 3 is 2.44 bits per heavy atom. The van der Waals surface area contributed by atoms with Crippen LogP contribution < -0.4 is 5.73 Å². The summed E-state index contributed by atoms with van der Waals surface area (Å²) in [6, 6.07) is 0.202. The van der Waals surface area contributed by atoms with Gasteiger partial charge < -0.3 is 15.4 Å². The van der Waals surface area contributed by atoms with Gasteiger partial charge in [0.15, 0.2) is 0 Å². The molecule has 0 aromatic rings. The molecule has 0 aliphatic rings. The third-order valence-electron chi connectivity index (χ3n) is 2.71. The smallest absolute Gasteiger partial charge is 0.227 e. The van der Waals surface area contributed by atoms with Crippen molar-refractivity contribution >= 4 is 5.91 Å². The van der Waals surface area contributed by atoms with Crippen molar-refractivity contribution in [2.24, 2.45) is 11.7 Å². The van der Waals surface area contributed by atoms with E-state index in [9.17, 15) is 4.79 Å². The zero-order valence-electron chi connectivity index (χ0n) is 11.0. The van der Waals surface area contributed by atoms with Gasteiger partial charge >= 0.3 is 0 Å². The molecule has 0 radical (unpaired) electrons. The molecule has 16 heavy (non-hydrogen) atoms. The number of amides is 1. The first kappa shape index (κ1) is 15.4. The summed E-state index contributed by atoms with van der Waals surface area (Å²) in [7, 11) is 1.65. The molecule has 0 rings (SSSR count). The zero-order valence-corrected chi connectivity index (χ0v) is 11.0. The van der Waals surface area contributed by atoms with Gasteiger partial charge in [0.25, 0.3) is 0 Å². The predicted molar refractivity (Wildman–Crippen MR) is 66.2 cm³/mol. The van der Waals surface area contributed by atoms with E-state index in [4.69, 9.17) is 10.5 Å². The Hall–Kier alpha value is -0.610. The van der Waals surface area contributed by atoms with Crippen molar-refractivity contribution in [1.29, 1.82) is 0 Å². The lowest BCUT2D eigenvalue weighted by atomic mass is 10.0. The van der Waals surface area contributed by atoms with Crippen LogP contribution in [0.3, 0.4) is 0 Å². The monoisotopic (exact) mass is 230 g/mol. The Bertz CT molecular complexity index is 195. The number of nitrogens with zero attached hydrogens (tertiary/aromatic N) is 1. The standard InChI is InChI=1S/C12H26N2O2/c1-5-6-11(9-13)12(15)14(10(2)3)7-8-16-4/h10-11H,5-9,13H2,1-4H3. The molecule has 1 unspecified atom stereocenters. The minimum absolute atomic E-state index is 0.0377. The number of hydrogen-bond acceptors (Lipinski definition) is 3. The van der Waals surface area contributed by atoms with Crippen LogP contribution in [0.5, 0.6) is 0 Å². The molecule has 0 fully saturated rings. The molecule has 0 spiro atoms. The average molecular weight is 230 g/mol. The van der Waals surface area contributed by atoms with Gasteiger partial charge in [0.2, 0.25) is 5.91 Å². The summed E-state index contributed by atoms with van der Waals surface area (Å²) >= 11 is 0. The molecule has 0 aliphatic heterocycles. The molecule has 4 nitrogen and oxygen atoms in total. The average Bonchev–Trinajstić information content (AvgIpc) is 2.25. The van der Waals surface area contributed by atoms with Crippen molar-refractivity contribution < 1.29 is 9.53 Å². The Kier molecular flexibility index (Phi) is 8.21. The maximum atomic E-state index is 12.2. The van der Waals surface area contributed by atoms with Crippen LogP contribution in [0.4, 0.5) is 0 Å². The lowest BCUT2D eigenvalue weighted by Crippen LogP contribution is -2.44. The molecule has 0 aromatic heterocycles. The van der Waals surface area contributed by atoms with Crippen LogP contribution >= 0.6 is 0 Å². The van der Waals surface area contributed by atoms with Gasteiger partial charge in [-0.15, -0.1) is 0 Å². The molecule has 0 aliphatic carbocycles. The van der Waals surface area contributed by atoms with Crippen LogP contribution in [-0.4, -0.2) is 43.7 Å². The van der Waals surface area contributed by atoms with Crippen molar-refractivity contribution in [3.05, 3.63) is 0 Å². The van der Waals surface area contributed by atoms with Crippen LogP contribution in [-0.2, 0) is 9.53 Å². The molecule has 0 saturated carbocycles. The van der Waals surface area contributed by atoms with Gasteiger partial charge in [-0.25, -0.2) is 0 Å². The predicted octanol–water partition coefficient (Wildman–Crippen LogP) is 1.24. The third kappa shape index (κ3) is 4.94. The van der Waals surface area contributed by atoms with Crippen LogP contribution in [0.1, 0.15) is 33.6 Å². The molecule has 0 heterocycles. The van der Waals surface area contributed by atoms with Gasteiger partial charge in [0, 0.05) is 26.2 Å². The first-order valence-electron chi connectivity index (χ1n) is 6.07. The topological polar surface area (TPSA) is 55.6 Å². The van der Waals surface area contributed by atoms with E-state index in [1.807, 2.05) is 18.7 Å². The molecule has 2 N–H and O–H groups in total. The van der Waals surface area contributed by atoms with E-state index in [2.05, 4.69) is 6.92 Å².